The minimum Gasteiger partial charge on any atom is -0.465 e. The van der Waals surface area contributed by atoms with Crippen LogP contribution in [0.25, 0.3) is 22.2 Å². The molecule has 6 nitrogen and oxygen atoms in total. The summed E-state index contributed by atoms with van der Waals surface area (Å²) < 4.78 is 5.45. The van der Waals surface area contributed by atoms with Gasteiger partial charge in [0.1, 0.15) is 5.69 Å². The number of nitrogens with one attached hydrogen (secondary N) is 1. The van der Waals surface area contributed by atoms with Crippen LogP contribution in [0.5, 0.6) is 0 Å². The Kier molecular flexibility index (Phi) is 4.76. The van der Waals surface area contributed by atoms with E-state index in [4.69, 9.17) is 4.52 Å². The summed E-state index contributed by atoms with van der Waals surface area (Å²) in [4.78, 5) is 16.0. The number of pyridine rings is 1. The summed E-state index contributed by atoms with van der Waals surface area (Å²) in [5, 5.41) is 17.2. The number of aromatic nitrogens is 2. The first kappa shape index (κ1) is 17.7. The van der Waals surface area contributed by atoms with Crippen LogP contribution in [0.1, 0.15) is 23.0 Å². The van der Waals surface area contributed by atoms with E-state index >= 15 is 0 Å². The molecule has 0 bridgehead atoms. The SMILES string of the molecule is Cc1cccc(CC(NC(=O)O)c2ccccc2-c2noc3ccccc23)n1. The molecule has 2 N–H and O–H groups in total. The molecule has 0 aliphatic carbocycles. The average molecular weight is 373 g/mol. The Morgan fingerprint density at radius 3 is 2.68 bits per heavy atom. The van der Waals surface area contributed by atoms with Crippen LogP contribution in [0, 0.1) is 6.92 Å². The van der Waals surface area contributed by atoms with E-state index in [-0.39, 0.29) is 0 Å². The second-order valence-corrected chi connectivity index (χ2v) is 6.59. The highest BCUT2D eigenvalue weighted by molar-refractivity contribution is 5.92. The van der Waals surface area contributed by atoms with E-state index in [1.165, 1.54) is 0 Å². The summed E-state index contributed by atoms with van der Waals surface area (Å²) in [6.45, 7) is 1.92. The predicted molar refractivity (Wildman–Crippen MR) is 106 cm³/mol. The van der Waals surface area contributed by atoms with Crippen LogP contribution in [0.15, 0.2) is 71.3 Å². The molecular weight excluding hydrogens is 354 g/mol. The van der Waals surface area contributed by atoms with Crippen LogP contribution in [-0.4, -0.2) is 21.3 Å². The normalized spacial score (nSPS) is 12.0. The number of nitrogens with zero attached hydrogens (tertiary/aromatic N) is 2. The minimum absolute atomic E-state index is 0.431. The summed E-state index contributed by atoms with van der Waals surface area (Å²) in [5.74, 6) is 0. The number of aryl methyl sites for hydroxylation is 1. The number of carbonyl (C=O) groups is 1. The molecule has 0 fully saturated rings. The standard InChI is InChI=1S/C22H19N3O3/c1-14-7-6-8-15(23-14)13-19(24-22(26)27)16-9-2-3-10-17(16)21-18-11-4-5-12-20(18)28-25-21/h2-12,19,24H,13H2,1H3,(H,26,27). The molecule has 4 aromatic rings. The number of para-hydroxylation sites is 1. The molecule has 28 heavy (non-hydrogen) atoms. The molecule has 2 heterocycles. The number of benzene rings is 2. The van der Waals surface area contributed by atoms with Crippen LogP contribution in [-0.2, 0) is 6.42 Å². The molecule has 4 rings (SSSR count). The highest BCUT2D eigenvalue weighted by Crippen LogP contribution is 2.33. The lowest BCUT2D eigenvalue weighted by Crippen LogP contribution is -2.29. The fourth-order valence-corrected chi connectivity index (χ4v) is 3.41. The minimum atomic E-state index is -1.09. The Balaban J connectivity index is 1.80. The Hall–Kier alpha value is -3.67. The zero-order chi connectivity index (χ0) is 19.5. The van der Waals surface area contributed by atoms with Crippen molar-refractivity contribution >= 4 is 17.1 Å². The number of hydrogen-bond donors (Lipinski definition) is 2. The zero-order valence-corrected chi connectivity index (χ0v) is 15.3. The van der Waals surface area contributed by atoms with Crippen molar-refractivity contribution in [2.75, 3.05) is 0 Å². The molecule has 0 spiro atoms. The van der Waals surface area contributed by atoms with Crippen molar-refractivity contribution in [2.45, 2.75) is 19.4 Å². The van der Waals surface area contributed by atoms with Gasteiger partial charge in [0.05, 0.1) is 6.04 Å². The summed E-state index contributed by atoms with van der Waals surface area (Å²) >= 11 is 0. The van der Waals surface area contributed by atoms with Crippen molar-refractivity contribution in [2.24, 2.45) is 0 Å². The van der Waals surface area contributed by atoms with Gasteiger partial charge in [0.15, 0.2) is 5.58 Å². The van der Waals surface area contributed by atoms with Crippen molar-refractivity contribution in [3.63, 3.8) is 0 Å². The second-order valence-electron chi connectivity index (χ2n) is 6.59. The molecule has 2 aromatic carbocycles. The Morgan fingerprint density at radius 2 is 1.86 bits per heavy atom. The molecule has 0 saturated carbocycles. The summed E-state index contributed by atoms with van der Waals surface area (Å²) in [5.41, 5.74) is 4.75. The maximum absolute atomic E-state index is 11.5. The fraction of sp³-hybridized carbons (Fsp3) is 0.136. The molecule has 140 valence electrons. The number of hydrogen-bond acceptors (Lipinski definition) is 4. The van der Waals surface area contributed by atoms with Gasteiger partial charge in [-0.25, -0.2) is 4.79 Å². The largest absolute Gasteiger partial charge is 0.465 e. The zero-order valence-electron chi connectivity index (χ0n) is 15.3. The lowest BCUT2D eigenvalue weighted by molar-refractivity contribution is 0.190. The van der Waals surface area contributed by atoms with Crippen LogP contribution >= 0.6 is 0 Å². The lowest BCUT2D eigenvalue weighted by Gasteiger charge is -2.20. The van der Waals surface area contributed by atoms with E-state index in [1.54, 1.807) is 0 Å². The van der Waals surface area contributed by atoms with Gasteiger partial charge in [-0.2, -0.15) is 0 Å². The van der Waals surface area contributed by atoms with Gasteiger partial charge < -0.3 is 14.9 Å². The molecule has 2 aromatic heterocycles. The predicted octanol–water partition coefficient (Wildman–Crippen LogP) is 4.75. The van der Waals surface area contributed by atoms with E-state index in [0.29, 0.717) is 17.7 Å². The van der Waals surface area contributed by atoms with Crippen molar-refractivity contribution in [1.29, 1.82) is 0 Å². The number of fused-ring (bicyclic) bond motifs is 1. The summed E-state index contributed by atoms with van der Waals surface area (Å²) in [6.07, 6.45) is -0.654. The summed E-state index contributed by atoms with van der Waals surface area (Å²) in [7, 11) is 0. The van der Waals surface area contributed by atoms with Crippen LogP contribution < -0.4 is 5.32 Å². The average Bonchev–Trinajstić information content (AvgIpc) is 3.11. The first-order valence-corrected chi connectivity index (χ1v) is 8.97. The van der Waals surface area contributed by atoms with Crippen LogP contribution in [0.3, 0.4) is 0 Å². The third-order valence-electron chi connectivity index (χ3n) is 4.63. The van der Waals surface area contributed by atoms with Gasteiger partial charge in [0.2, 0.25) is 0 Å². The highest BCUT2D eigenvalue weighted by Gasteiger charge is 2.22. The van der Waals surface area contributed by atoms with E-state index in [0.717, 1.165) is 27.9 Å². The third-order valence-corrected chi connectivity index (χ3v) is 4.63. The topological polar surface area (TPSA) is 88.2 Å². The van der Waals surface area contributed by atoms with Gasteiger partial charge in [0, 0.05) is 28.8 Å². The monoisotopic (exact) mass is 373 g/mol. The number of rotatable bonds is 5. The number of carboxylic acid groups (broad SMARTS) is 1. The molecule has 0 radical (unpaired) electrons. The van der Waals surface area contributed by atoms with Gasteiger partial charge in [-0.3, -0.25) is 4.98 Å². The lowest BCUT2D eigenvalue weighted by atomic mass is 9.93. The molecule has 0 aliphatic heterocycles. The molecule has 6 heteroatoms. The fourth-order valence-electron chi connectivity index (χ4n) is 3.41. The smallest absolute Gasteiger partial charge is 0.405 e. The van der Waals surface area contributed by atoms with Crippen molar-refractivity contribution in [1.82, 2.24) is 15.5 Å². The van der Waals surface area contributed by atoms with Gasteiger partial charge in [-0.1, -0.05) is 47.6 Å². The summed E-state index contributed by atoms with van der Waals surface area (Å²) in [6, 6.07) is 20.5. The Labute approximate surface area is 161 Å². The van der Waals surface area contributed by atoms with Gasteiger partial charge in [-0.05, 0) is 36.8 Å². The molecular formula is C22H19N3O3. The van der Waals surface area contributed by atoms with Gasteiger partial charge in [0.25, 0.3) is 0 Å². The van der Waals surface area contributed by atoms with E-state index < -0.39 is 12.1 Å². The quantitative estimate of drug-likeness (QED) is 0.527. The second kappa shape index (κ2) is 7.52. The highest BCUT2D eigenvalue weighted by atomic mass is 16.5. The van der Waals surface area contributed by atoms with Crippen molar-refractivity contribution in [3.05, 3.63) is 83.7 Å². The van der Waals surface area contributed by atoms with Gasteiger partial charge in [-0.15, -0.1) is 0 Å². The van der Waals surface area contributed by atoms with E-state index in [2.05, 4.69) is 15.5 Å². The van der Waals surface area contributed by atoms with Crippen LogP contribution in [0.4, 0.5) is 4.79 Å². The molecule has 1 unspecified atom stereocenters. The van der Waals surface area contributed by atoms with E-state index in [9.17, 15) is 9.90 Å². The van der Waals surface area contributed by atoms with Gasteiger partial charge >= 0.3 is 6.09 Å². The molecule has 0 aliphatic rings. The maximum atomic E-state index is 11.5. The van der Waals surface area contributed by atoms with E-state index in [1.807, 2.05) is 73.7 Å². The molecule has 1 atom stereocenters. The molecule has 0 saturated heterocycles. The van der Waals surface area contributed by atoms with Crippen molar-refractivity contribution in [3.8, 4) is 11.3 Å². The first-order valence-electron chi connectivity index (χ1n) is 8.97. The first-order chi connectivity index (χ1) is 13.6. The van der Waals surface area contributed by atoms with Crippen LogP contribution in [0.2, 0.25) is 0 Å². The Bertz CT molecular complexity index is 1140. The van der Waals surface area contributed by atoms with Crippen molar-refractivity contribution < 1.29 is 14.4 Å². The number of amides is 1. The maximum Gasteiger partial charge on any atom is 0.405 e. The Morgan fingerprint density at radius 1 is 1.07 bits per heavy atom. The molecule has 1 amide bonds. The third kappa shape index (κ3) is 3.57.